The second-order valence-corrected chi connectivity index (χ2v) is 8.06. The molecule has 0 unspecified atom stereocenters. The number of halogens is 1. The van der Waals surface area contributed by atoms with Crippen LogP contribution in [-0.2, 0) is 16.4 Å². The molecule has 1 aromatic rings. The Kier molecular flexibility index (Phi) is 5.22. The average molecular weight is 394 g/mol. The molecule has 6 heteroatoms. The molecule has 0 radical (unpaired) electrons. The summed E-state index contributed by atoms with van der Waals surface area (Å²) in [5.41, 5.74) is 1.24. The van der Waals surface area contributed by atoms with Gasteiger partial charge in [0.1, 0.15) is 0 Å². The summed E-state index contributed by atoms with van der Waals surface area (Å²) >= 11 is 2.30. The molecular weight excluding hydrogens is 375 g/mol. The third kappa shape index (κ3) is 5.02. The summed E-state index contributed by atoms with van der Waals surface area (Å²) in [4.78, 5) is 0. The highest BCUT2D eigenvalue weighted by Gasteiger charge is 2.27. The average Bonchev–Trinajstić information content (AvgIpc) is 2.30. The first kappa shape index (κ1) is 15.2. The van der Waals surface area contributed by atoms with E-state index in [0.29, 0.717) is 0 Å². The summed E-state index contributed by atoms with van der Waals surface area (Å²) in [5.74, 6) is 0. The van der Waals surface area contributed by atoms with Gasteiger partial charge in [-0.25, -0.2) is 13.1 Å². The highest BCUT2D eigenvalue weighted by atomic mass is 127. The van der Waals surface area contributed by atoms with Gasteiger partial charge in [-0.15, -0.1) is 0 Å². The molecule has 4 nitrogen and oxygen atoms in total. The van der Waals surface area contributed by atoms with E-state index in [2.05, 4.69) is 50.8 Å². The molecule has 1 heterocycles. The Balaban J connectivity index is 2.07. The van der Waals surface area contributed by atoms with Gasteiger partial charge in [-0.3, -0.25) is 0 Å². The fourth-order valence-electron chi connectivity index (χ4n) is 2.50. The monoisotopic (exact) mass is 394 g/mol. The van der Waals surface area contributed by atoms with Gasteiger partial charge >= 0.3 is 0 Å². The topological polar surface area (TPSA) is 58.2 Å². The maximum atomic E-state index is 11.4. The molecular formula is C13H19IN2O2S. The maximum absolute atomic E-state index is 11.4. The van der Waals surface area contributed by atoms with Crippen molar-refractivity contribution in [2.45, 2.75) is 31.3 Å². The zero-order valence-corrected chi connectivity index (χ0v) is 13.9. The number of piperidine rings is 1. The SMILES string of the molecule is CS(=O)(=O)N[C@H]1CCCN[C@H]1Cc1cccc(I)c1. The first-order valence-electron chi connectivity index (χ1n) is 6.39. The van der Waals surface area contributed by atoms with Crippen LogP contribution >= 0.6 is 22.6 Å². The van der Waals surface area contributed by atoms with Crippen molar-refractivity contribution < 1.29 is 8.42 Å². The van der Waals surface area contributed by atoms with Crippen LogP contribution in [0.3, 0.4) is 0 Å². The van der Waals surface area contributed by atoms with Gasteiger partial charge in [0.25, 0.3) is 0 Å². The Hall–Kier alpha value is -0.180. The van der Waals surface area contributed by atoms with E-state index >= 15 is 0 Å². The minimum atomic E-state index is -3.15. The summed E-state index contributed by atoms with van der Waals surface area (Å²) in [6, 6.07) is 8.50. The van der Waals surface area contributed by atoms with Gasteiger partial charge in [-0.2, -0.15) is 0 Å². The highest BCUT2D eigenvalue weighted by Crippen LogP contribution is 2.16. The van der Waals surface area contributed by atoms with Crippen LogP contribution in [0.15, 0.2) is 24.3 Å². The van der Waals surface area contributed by atoms with E-state index in [9.17, 15) is 8.42 Å². The van der Waals surface area contributed by atoms with Gasteiger partial charge in [0.2, 0.25) is 10.0 Å². The molecule has 2 atom stereocenters. The minimum absolute atomic E-state index is 0.0124. The number of hydrogen-bond acceptors (Lipinski definition) is 3. The minimum Gasteiger partial charge on any atom is -0.312 e. The van der Waals surface area contributed by atoms with Crippen LogP contribution in [0.2, 0.25) is 0 Å². The lowest BCUT2D eigenvalue weighted by atomic mass is 9.93. The third-order valence-corrected chi connectivity index (χ3v) is 4.70. The van der Waals surface area contributed by atoms with Gasteiger partial charge < -0.3 is 5.32 Å². The fourth-order valence-corrected chi connectivity index (χ4v) is 3.94. The normalized spacial score (nSPS) is 24.3. The van der Waals surface area contributed by atoms with Crippen LogP contribution < -0.4 is 10.0 Å². The van der Waals surface area contributed by atoms with Crippen molar-refractivity contribution in [1.29, 1.82) is 0 Å². The molecule has 0 saturated carbocycles. The van der Waals surface area contributed by atoms with Crippen molar-refractivity contribution >= 4 is 32.6 Å². The molecule has 1 aromatic carbocycles. The van der Waals surface area contributed by atoms with E-state index in [-0.39, 0.29) is 12.1 Å². The second-order valence-electron chi connectivity index (χ2n) is 5.03. The molecule has 0 bridgehead atoms. The van der Waals surface area contributed by atoms with Gasteiger partial charge in [0, 0.05) is 15.7 Å². The fraction of sp³-hybridized carbons (Fsp3) is 0.538. The standard InChI is InChI=1S/C13H19IN2O2S/c1-19(17,18)16-12-6-3-7-15-13(12)9-10-4-2-5-11(14)8-10/h2,4-5,8,12-13,15-16H,3,6-7,9H2,1H3/t12-,13-/m0/s1. The zero-order valence-electron chi connectivity index (χ0n) is 10.9. The number of hydrogen-bond donors (Lipinski definition) is 2. The predicted molar refractivity (Wildman–Crippen MR) is 85.7 cm³/mol. The van der Waals surface area contributed by atoms with Gasteiger partial charge in [-0.1, -0.05) is 12.1 Å². The van der Waals surface area contributed by atoms with Crippen molar-refractivity contribution in [3.63, 3.8) is 0 Å². The van der Waals surface area contributed by atoms with Crippen molar-refractivity contribution in [2.75, 3.05) is 12.8 Å². The highest BCUT2D eigenvalue weighted by molar-refractivity contribution is 14.1. The lowest BCUT2D eigenvalue weighted by Gasteiger charge is -2.32. The molecule has 1 aliphatic rings. The molecule has 19 heavy (non-hydrogen) atoms. The van der Waals surface area contributed by atoms with Gasteiger partial charge in [-0.05, 0) is 66.1 Å². The van der Waals surface area contributed by atoms with Crippen molar-refractivity contribution in [3.8, 4) is 0 Å². The summed E-state index contributed by atoms with van der Waals surface area (Å²) in [7, 11) is -3.15. The molecule has 1 fully saturated rings. The Morgan fingerprint density at radius 3 is 2.95 bits per heavy atom. The second kappa shape index (κ2) is 6.51. The smallest absolute Gasteiger partial charge is 0.209 e. The maximum Gasteiger partial charge on any atom is 0.209 e. The van der Waals surface area contributed by atoms with E-state index in [4.69, 9.17) is 0 Å². The molecule has 0 aromatic heterocycles. The van der Waals surface area contributed by atoms with Crippen molar-refractivity contribution in [3.05, 3.63) is 33.4 Å². The number of nitrogens with one attached hydrogen (secondary N) is 2. The predicted octanol–water partition coefficient (Wildman–Crippen LogP) is 1.50. The molecule has 0 amide bonds. The Morgan fingerprint density at radius 2 is 2.26 bits per heavy atom. The molecule has 0 aliphatic carbocycles. The number of rotatable bonds is 4. The number of sulfonamides is 1. The quantitative estimate of drug-likeness (QED) is 0.762. The number of benzene rings is 1. The molecule has 2 rings (SSSR count). The van der Waals surface area contributed by atoms with E-state index in [0.717, 1.165) is 25.8 Å². The van der Waals surface area contributed by atoms with Gasteiger partial charge in [0.15, 0.2) is 0 Å². The van der Waals surface area contributed by atoms with Crippen LogP contribution in [0.1, 0.15) is 18.4 Å². The van der Waals surface area contributed by atoms with E-state index in [1.807, 2.05) is 6.07 Å². The van der Waals surface area contributed by atoms with E-state index in [1.54, 1.807) is 0 Å². The third-order valence-electron chi connectivity index (χ3n) is 3.29. The Morgan fingerprint density at radius 1 is 1.47 bits per heavy atom. The van der Waals surface area contributed by atoms with E-state index < -0.39 is 10.0 Å². The van der Waals surface area contributed by atoms with E-state index in [1.165, 1.54) is 15.4 Å². The van der Waals surface area contributed by atoms with Crippen LogP contribution in [0, 0.1) is 3.57 Å². The van der Waals surface area contributed by atoms with Crippen molar-refractivity contribution in [1.82, 2.24) is 10.0 Å². The summed E-state index contributed by atoms with van der Waals surface area (Å²) in [5, 5.41) is 3.43. The molecule has 1 saturated heterocycles. The van der Waals surface area contributed by atoms with Crippen LogP contribution in [0.5, 0.6) is 0 Å². The van der Waals surface area contributed by atoms with Crippen LogP contribution in [0.25, 0.3) is 0 Å². The summed E-state index contributed by atoms with van der Waals surface area (Å²) < 4.78 is 26.8. The van der Waals surface area contributed by atoms with Gasteiger partial charge in [0.05, 0.1) is 6.26 Å². The Bertz CT molecular complexity index is 533. The summed E-state index contributed by atoms with van der Waals surface area (Å²) in [6.07, 6.45) is 3.98. The van der Waals surface area contributed by atoms with Crippen molar-refractivity contribution in [2.24, 2.45) is 0 Å². The van der Waals surface area contributed by atoms with Crippen LogP contribution in [0.4, 0.5) is 0 Å². The largest absolute Gasteiger partial charge is 0.312 e. The molecule has 0 spiro atoms. The summed E-state index contributed by atoms with van der Waals surface area (Å²) in [6.45, 7) is 0.955. The molecule has 106 valence electrons. The first-order valence-corrected chi connectivity index (χ1v) is 9.36. The lowest BCUT2D eigenvalue weighted by molar-refractivity contribution is 0.329. The lowest BCUT2D eigenvalue weighted by Crippen LogP contribution is -2.54. The van der Waals surface area contributed by atoms with Crippen LogP contribution in [-0.4, -0.2) is 33.3 Å². The Labute approximate surface area is 128 Å². The molecule has 2 N–H and O–H groups in total. The zero-order chi connectivity index (χ0) is 13.9. The first-order chi connectivity index (χ1) is 8.94. The molecule has 1 aliphatic heterocycles.